The van der Waals surface area contributed by atoms with Crippen LogP contribution < -0.4 is 5.32 Å². The molecule has 2 heterocycles. The van der Waals surface area contributed by atoms with Crippen LogP contribution in [0.2, 0.25) is 0 Å². The van der Waals surface area contributed by atoms with Gasteiger partial charge in [0.05, 0.1) is 16.8 Å². The number of aromatic nitrogens is 2. The summed E-state index contributed by atoms with van der Waals surface area (Å²) >= 11 is 1.59. The van der Waals surface area contributed by atoms with Crippen LogP contribution in [0.3, 0.4) is 0 Å². The smallest absolute Gasteiger partial charge is 0.267 e. The third kappa shape index (κ3) is 2.54. The molecular formula is C13H15N3O2S. The lowest BCUT2D eigenvalue weighted by Gasteiger charge is -2.31. The Bertz CT molecular complexity index is 599. The molecule has 100 valence electrons. The van der Waals surface area contributed by atoms with Crippen LogP contribution in [0, 0.1) is 6.92 Å². The fourth-order valence-electron chi connectivity index (χ4n) is 2.14. The van der Waals surface area contributed by atoms with Crippen molar-refractivity contribution < 1.29 is 9.90 Å². The number of nitrogens with one attached hydrogen (secondary N) is 2. The summed E-state index contributed by atoms with van der Waals surface area (Å²) in [6.07, 6.45) is 2.82. The summed E-state index contributed by atoms with van der Waals surface area (Å²) in [5.41, 5.74) is 2.34. The van der Waals surface area contributed by atoms with Crippen molar-refractivity contribution in [3.63, 3.8) is 0 Å². The molecule has 2 aromatic heterocycles. The van der Waals surface area contributed by atoms with Gasteiger partial charge in [0.1, 0.15) is 5.69 Å². The summed E-state index contributed by atoms with van der Waals surface area (Å²) in [7, 11) is 0. The Kier molecular flexibility index (Phi) is 3.12. The maximum absolute atomic E-state index is 12.0. The van der Waals surface area contributed by atoms with Crippen LogP contribution in [0.25, 0.3) is 11.3 Å². The van der Waals surface area contributed by atoms with Crippen molar-refractivity contribution in [3.8, 4) is 11.3 Å². The van der Waals surface area contributed by atoms with Gasteiger partial charge >= 0.3 is 0 Å². The number of nitrogens with zero attached hydrogens (tertiary/aromatic N) is 1. The number of amides is 1. The lowest BCUT2D eigenvalue weighted by atomic mass is 9.89. The van der Waals surface area contributed by atoms with Crippen molar-refractivity contribution in [1.29, 1.82) is 0 Å². The molecule has 1 aliphatic carbocycles. The van der Waals surface area contributed by atoms with E-state index < -0.39 is 0 Å². The molecule has 0 saturated heterocycles. The van der Waals surface area contributed by atoms with Crippen LogP contribution in [-0.2, 0) is 0 Å². The number of aryl methyl sites for hydroxylation is 1. The molecule has 3 rings (SSSR count). The maximum atomic E-state index is 12.0. The van der Waals surface area contributed by atoms with E-state index in [9.17, 15) is 9.90 Å². The zero-order chi connectivity index (χ0) is 13.4. The van der Waals surface area contributed by atoms with Crippen LogP contribution in [0.4, 0.5) is 0 Å². The highest BCUT2D eigenvalue weighted by Crippen LogP contribution is 2.23. The standard InChI is InChI=1S/C13H15N3O2S/c1-7-15-12(6-19-7)8-2-11(14-5-8)13(18)16-9-3-10(17)4-9/h2,5-6,9-10,14,17H,3-4H2,1H3,(H,16,18). The number of carbonyl (C=O) groups excluding carboxylic acids is 1. The Labute approximate surface area is 114 Å². The van der Waals surface area contributed by atoms with Gasteiger partial charge in [-0.25, -0.2) is 4.98 Å². The van der Waals surface area contributed by atoms with Gasteiger partial charge in [-0.3, -0.25) is 4.79 Å². The highest BCUT2D eigenvalue weighted by Gasteiger charge is 2.28. The summed E-state index contributed by atoms with van der Waals surface area (Å²) in [4.78, 5) is 19.3. The molecule has 1 fully saturated rings. The van der Waals surface area contributed by atoms with Crippen LogP contribution in [-0.4, -0.2) is 33.1 Å². The van der Waals surface area contributed by atoms with Crippen LogP contribution >= 0.6 is 11.3 Å². The highest BCUT2D eigenvalue weighted by atomic mass is 32.1. The minimum atomic E-state index is -0.262. The van der Waals surface area contributed by atoms with E-state index in [2.05, 4.69) is 15.3 Å². The third-order valence-electron chi connectivity index (χ3n) is 3.29. The fraction of sp³-hybridized carbons (Fsp3) is 0.385. The molecule has 0 spiro atoms. The highest BCUT2D eigenvalue weighted by molar-refractivity contribution is 7.09. The van der Waals surface area contributed by atoms with Gasteiger partial charge in [0.2, 0.25) is 0 Å². The molecule has 19 heavy (non-hydrogen) atoms. The van der Waals surface area contributed by atoms with Crippen LogP contribution in [0.5, 0.6) is 0 Å². The molecule has 3 N–H and O–H groups in total. The van der Waals surface area contributed by atoms with E-state index in [1.165, 1.54) is 0 Å². The number of aromatic amines is 1. The molecule has 0 aromatic carbocycles. The summed E-state index contributed by atoms with van der Waals surface area (Å²) in [5.74, 6) is -0.130. The predicted molar refractivity (Wildman–Crippen MR) is 73.1 cm³/mol. The predicted octanol–water partition coefficient (Wildman–Crippen LogP) is 1.70. The minimum Gasteiger partial charge on any atom is -0.393 e. The fourth-order valence-corrected chi connectivity index (χ4v) is 2.76. The molecule has 6 heteroatoms. The first-order valence-electron chi connectivity index (χ1n) is 6.21. The first-order valence-corrected chi connectivity index (χ1v) is 7.09. The van der Waals surface area contributed by atoms with Gasteiger partial charge in [-0.15, -0.1) is 11.3 Å². The molecule has 1 amide bonds. The lowest BCUT2D eigenvalue weighted by molar-refractivity contribution is 0.0561. The number of hydrogen-bond donors (Lipinski definition) is 3. The molecule has 1 aliphatic rings. The number of hydrogen-bond acceptors (Lipinski definition) is 4. The molecule has 1 saturated carbocycles. The Morgan fingerprint density at radius 1 is 1.58 bits per heavy atom. The van der Waals surface area contributed by atoms with E-state index in [0.717, 1.165) is 16.3 Å². The maximum Gasteiger partial charge on any atom is 0.267 e. The molecular weight excluding hydrogens is 262 g/mol. The SMILES string of the molecule is Cc1nc(-c2c[nH]c(C(=O)NC3CC(O)C3)c2)cs1. The molecule has 0 bridgehead atoms. The summed E-state index contributed by atoms with van der Waals surface area (Å²) in [6.45, 7) is 1.95. The van der Waals surface area contributed by atoms with Gasteiger partial charge in [-0.1, -0.05) is 0 Å². The van der Waals surface area contributed by atoms with Crippen molar-refractivity contribution in [2.45, 2.75) is 31.9 Å². The number of rotatable bonds is 3. The van der Waals surface area contributed by atoms with Gasteiger partial charge in [0.15, 0.2) is 0 Å². The summed E-state index contributed by atoms with van der Waals surface area (Å²) in [6, 6.07) is 1.90. The van der Waals surface area contributed by atoms with Crippen molar-refractivity contribution in [2.75, 3.05) is 0 Å². The van der Waals surface area contributed by atoms with E-state index in [1.807, 2.05) is 12.3 Å². The average molecular weight is 277 g/mol. The van der Waals surface area contributed by atoms with Gasteiger partial charge in [0, 0.05) is 23.2 Å². The molecule has 2 aromatic rings. The zero-order valence-electron chi connectivity index (χ0n) is 10.5. The number of thiazole rings is 1. The quantitative estimate of drug-likeness (QED) is 0.799. The van der Waals surface area contributed by atoms with E-state index in [1.54, 1.807) is 23.6 Å². The summed E-state index contributed by atoms with van der Waals surface area (Å²) < 4.78 is 0. The van der Waals surface area contributed by atoms with Crippen molar-refractivity contribution in [2.24, 2.45) is 0 Å². The van der Waals surface area contributed by atoms with Crippen LogP contribution in [0.1, 0.15) is 28.3 Å². The number of aliphatic hydroxyl groups excluding tert-OH is 1. The Hall–Kier alpha value is -1.66. The first-order chi connectivity index (χ1) is 9.11. The largest absolute Gasteiger partial charge is 0.393 e. The van der Waals surface area contributed by atoms with E-state index in [0.29, 0.717) is 18.5 Å². The number of carbonyl (C=O) groups is 1. The topological polar surface area (TPSA) is 78.0 Å². The average Bonchev–Trinajstić information content (AvgIpc) is 2.95. The van der Waals surface area contributed by atoms with Gasteiger partial charge in [-0.05, 0) is 25.8 Å². The normalized spacial score (nSPS) is 22.0. The molecule has 0 atom stereocenters. The van der Waals surface area contributed by atoms with Crippen molar-refractivity contribution >= 4 is 17.2 Å². The minimum absolute atomic E-state index is 0.0933. The second-order valence-corrected chi connectivity index (χ2v) is 5.91. The first kappa shape index (κ1) is 12.4. The van der Waals surface area contributed by atoms with E-state index >= 15 is 0 Å². The molecule has 0 unspecified atom stereocenters. The third-order valence-corrected chi connectivity index (χ3v) is 4.06. The molecule has 0 radical (unpaired) electrons. The molecule has 0 aliphatic heterocycles. The second kappa shape index (κ2) is 4.79. The Morgan fingerprint density at radius 3 is 3.00 bits per heavy atom. The van der Waals surface area contributed by atoms with E-state index in [-0.39, 0.29) is 18.1 Å². The molecule has 5 nitrogen and oxygen atoms in total. The Morgan fingerprint density at radius 2 is 2.37 bits per heavy atom. The van der Waals surface area contributed by atoms with Gasteiger partial charge in [0.25, 0.3) is 5.91 Å². The Balaban J connectivity index is 1.69. The number of H-pyrrole nitrogens is 1. The van der Waals surface area contributed by atoms with Gasteiger partial charge < -0.3 is 15.4 Å². The van der Waals surface area contributed by atoms with Gasteiger partial charge in [-0.2, -0.15) is 0 Å². The van der Waals surface area contributed by atoms with Crippen LogP contribution in [0.15, 0.2) is 17.6 Å². The lowest BCUT2D eigenvalue weighted by Crippen LogP contribution is -2.46. The second-order valence-electron chi connectivity index (χ2n) is 4.85. The van der Waals surface area contributed by atoms with E-state index in [4.69, 9.17) is 0 Å². The summed E-state index contributed by atoms with van der Waals surface area (Å²) in [5, 5.41) is 15.1. The number of aliphatic hydroxyl groups is 1. The van der Waals surface area contributed by atoms with Crippen molar-refractivity contribution in [1.82, 2.24) is 15.3 Å². The van der Waals surface area contributed by atoms with Crippen molar-refractivity contribution in [3.05, 3.63) is 28.3 Å². The monoisotopic (exact) mass is 277 g/mol. The zero-order valence-corrected chi connectivity index (χ0v) is 11.3.